The summed E-state index contributed by atoms with van der Waals surface area (Å²) in [5.74, 6) is 0.309. The van der Waals surface area contributed by atoms with Gasteiger partial charge in [-0.25, -0.2) is 10.4 Å². The van der Waals surface area contributed by atoms with E-state index in [2.05, 4.69) is 39.1 Å². The maximum absolute atomic E-state index is 5.97. The molecule has 0 amide bonds. The number of benzene rings is 1. The minimum Gasteiger partial charge on any atom is -0.368 e. The van der Waals surface area contributed by atoms with Gasteiger partial charge in [-0.15, -0.1) is 23.1 Å². The van der Waals surface area contributed by atoms with Crippen LogP contribution in [0.15, 0.2) is 68.5 Å². The van der Waals surface area contributed by atoms with Crippen molar-refractivity contribution in [2.45, 2.75) is 17.1 Å². The van der Waals surface area contributed by atoms with Crippen molar-refractivity contribution in [3.8, 4) is 0 Å². The predicted octanol–water partition coefficient (Wildman–Crippen LogP) is 4.41. The van der Waals surface area contributed by atoms with Gasteiger partial charge in [-0.05, 0) is 48.7 Å². The van der Waals surface area contributed by atoms with Gasteiger partial charge in [0.1, 0.15) is 0 Å². The molecule has 0 fully saturated rings. The Bertz CT molecular complexity index is 764. The SMILES string of the molecule is CC1=NNC(N)=N/C1=C\C(Sc1ccc(Cl)cc1)c1cccs1. The summed E-state index contributed by atoms with van der Waals surface area (Å²) in [5, 5.41) is 7.10. The zero-order chi connectivity index (χ0) is 16.2. The molecule has 1 aliphatic rings. The largest absolute Gasteiger partial charge is 0.368 e. The number of rotatable bonds is 4. The second-order valence-corrected chi connectivity index (χ2v) is 7.50. The molecule has 3 N–H and O–H groups in total. The molecule has 0 saturated heterocycles. The average molecular weight is 363 g/mol. The summed E-state index contributed by atoms with van der Waals surface area (Å²) >= 11 is 9.42. The van der Waals surface area contributed by atoms with Crippen molar-refractivity contribution in [1.82, 2.24) is 5.43 Å². The minimum absolute atomic E-state index is 0.131. The van der Waals surface area contributed by atoms with Crippen LogP contribution in [-0.4, -0.2) is 11.7 Å². The topological polar surface area (TPSA) is 62.8 Å². The van der Waals surface area contributed by atoms with Gasteiger partial charge in [0.05, 0.1) is 16.7 Å². The van der Waals surface area contributed by atoms with Gasteiger partial charge in [-0.1, -0.05) is 17.7 Å². The first kappa shape index (κ1) is 16.1. The van der Waals surface area contributed by atoms with E-state index in [9.17, 15) is 0 Å². The van der Waals surface area contributed by atoms with Crippen LogP contribution in [0, 0.1) is 0 Å². The van der Waals surface area contributed by atoms with E-state index in [1.165, 1.54) is 4.88 Å². The molecule has 23 heavy (non-hydrogen) atoms. The van der Waals surface area contributed by atoms with Crippen molar-refractivity contribution in [2.24, 2.45) is 15.8 Å². The van der Waals surface area contributed by atoms with Gasteiger partial charge >= 0.3 is 0 Å². The summed E-state index contributed by atoms with van der Waals surface area (Å²) < 4.78 is 0. The fraction of sp³-hybridized carbons (Fsp3) is 0.125. The Hall–Kier alpha value is -1.76. The first-order chi connectivity index (χ1) is 11.1. The number of nitrogens with one attached hydrogen (secondary N) is 1. The Morgan fingerprint density at radius 1 is 1.30 bits per heavy atom. The Morgan fingerprint density at radius 3 is 2.78 bits per heavy atom. The molecule has 0 aliphatic carbocycles. The number of aliphatic imine (C=N–C) groups is 1. The van der Waals surface area contributed by atoms with E-state index in [1.54, 1.807) is 23.1 Å². The van der Waals surface area contributed by atoms with E-state index < -0.39 is 0 Å². The van der Waals surface area contributed by atoms with Crippen LogP contribution in [0.4, 0.5) is 0 Å². The van der Waals surface area contributed by atoms with Crippen LogP contribution in [0.5, 0.6) is 0 Å². The van der Waals surface area contributed by atoms with E-state index in [4.69, 9.17) is 17.3 Å². The number of halogens is 1. The van der Waals surface area contributed by atoms with Gasteiger partial charge < -0.3 is 5.73 Å². The Morgan fingerprint density at radius 2 is 2.09 bits per heavy atom. The first-order valence-corrected chi connectivity index (χ1v) is 9.08. The Balaban J connectivity index is 1.92. The Labute approximate surface area is 148 Å². The van der Waals surface area contributed by atoms with Crippen molar-refractivity contribution in [3.05, 3.63) is 63.5 Å². The molecule has 2 heterocycles. The average Bonchev–Trinajstić information content (AvgIpc) is 3.06. The summed E-state index contributed by atoms with van der Waals surface area (Å²) in [7, 11) is 0. The predicted molar refractivity (Wildman–Crippen MR) is 100 cm³/mol. The highest BCUT2D eigenvalue weighted by Gasteiger charge is 2.16. The molecular formula is C16H15ClN4S2. The number of allylic oxidation sites excluding steroid dienone is 1. The molecule has 1 atom stereocenters. The molecule has 0 radical (unpaired) electrons. The highest BCUT2D eigenvalue weighted by atomic mass is 35.5. The molecule has 1 aliphatic heterocycles. The van der Waals surface area contributed by atoms with E-state index >= 15 is 0 Å². The molecule has 1 aromatic heterocycles. The lowest BCUT2D eigenvalue weighted by atomic mass is 10.2. The van der Waals surface area contributed by atoms with Crippen molar-refractivity contribution in [1.29, 1.82) is 0 Å². The first-order valence-electron chi connectivity index (χ1n) is 6.94. The number of thioether (sulfide) groups is 1. The molecular weight excluding hydrogens is 348 g/mol. The molecule has 1 aromatic carbocycles. The van der Waals surface area contributed by atoms with Crippen LogP contribution >= 0.6 is 34.7 Å². The van der Waals surface area contributed by atoms with Gasteiger partial charge in [-0.2, -0.15) is 5.10 Å². The fourth-order valence-corrected chi connectivity index (χ4v) is 4.11. The van der Waals surface area contributed by atoms with Crippen LogP contribution in [0.3, 0.4) is 0 Å². The lowest BCUT2D eigenvalue weighted by Crippen LogP contribution is -2.31. The van der Waals surface area contributed by atoms with Crippen LogP contribution in [-0.2, 0) is 0 Å². The Kier molecular flexibility index (Phi) is 5.05. The summed E-state index contributed by atoms with van der Waals surface area (Å²) in [6.45, 7) is 1.91. The molecule has 7 heteroatoms. The van der Waals surface area contributed by atoms with Crippen LogP contribution in [0.2, 0.25) is 5.02 Å². The highest BCUT2D eigenvalue weighted by molar-refractivity contribution is 7.99. The number of hydrazone groups is 1. The quantitative estimate of drug-likeness (QED) is 0.792. The second-order valence-electron chi connectivity index (χ2n) is 4.87. The lowest BCUT2D eigenvalue weighted by molar-refractivity contribution is 0.972. The van der Waals surface area contributed by atoms with Crippen molar-refractivity contribution >= 4 is 46.4 Å². The van der Waals surface area contributed by atoms with Gasteiger partial charge in [0.15, 0.2) is 0 Å². The zero-order valence-electron chi connectivity index (χ0n) is 12.4. The normalized spacial score (nSPS) is 17.4. The monoisotopic (exact) mass is 362 g/mol. The molecule has 4 nitrogen and oxygen atoms in total. The number of nitrogens with zero attached hydrogens (tertiary/aromatic N) is 2. The summed E-state index contributed by atoms with van der Waals surface area (Å²) in [5.41, 5.74) is 10.0. The van der Waals surface area contributed by atoms with Gasteiger partial charge in [0.25, 0.3) is 0 Å². The van der Waals surface area contributed by atoms with Gasteiger partial charge in [0, 0.05) is 14.8 Å². The third-order valence-electron chi connectivity index (χ3n) is 3.16. The summed E-state index contributed by atoms with van der Waals surface area (Å²) in [4.78, 5) is 6.74. The van der Waals surface area contributed by atoms with Crippen molar-refractivity contribution in [3.63, 3.8) is 0 Å². The molecule has 0 bridgehead atoms. The summed E-state index contributed by atoms with van der Waals surface area (Å²) in [6, 6.07) is 12.0. The minimum atomic E-state index is 0.131. The molecule has 1 unspecified atom stereocenters. The van der Waals surface area contributed by atoms with Gasteiger partial charge in [0.2, 0.25) is 5.96 Å². The number of nitrogens with two attached hydrogens (primary N) is 1. The number of hydrogen-bond donors (Lipinski definition) is 2. The third kappa shape index (κ3) is 4.16. The van der Waals surface area contributed by atoms with Gasteiger partial charge in [-0.3, -0.25) is 0 Å². The van der Waals surface area contributed by atoms with E-state index in [0.717, 1.165) is 21.3 Å². The number of hydrogen-bond acceptors (Lipinski definition) is 6. The molecule has 2 aromatic rings. The molecule has 118 valence electrons. The van der Waals surface area contributed by atoms with Crippen molar-refractivity contribution in [2.75, 3.05) is 0 Å². The third-order valence-corrected chi connectivity index (χ3v) is 5.70. The second kappa shape index (κ2) is 7.21. The van der Waals surface area contributed by atoms with E-state index in [-0.39, 0.29) is 5.25 Å². The fourth-order valence-electron chi connectivity index (χ4n) is 2.02. The van der Waals surface area contributed by atoms with Crippen LogP contribution in [0.1, 0.15) is 17.1 Å². The maximum Gasteiger partial charge on any atom is 0.214 e. The van der Waals surface area contributed by atoms with E-state index in [0.29, 0.717) is 5.96 Å². The zero-order valence-corrected chi connectivity index (χ0v) is 14.8. The van der Waals surface area contributed by atoms with Crippen molar-refractivity contribution < 1.29 is 0 Å². The van der Waals surface area contributed by atoms with Crippen LogP contribution < -0.4 is 11.2 Å². The lowest BCUT2D eigenvalue weighted by Gasteiger charge is -2.15. The molecule has 3 rings (SSSR count). The van der Waals surface area contributed by atoms with Crippen LogP contribution in [0.25, 0.3) is 0 Å². The maximum atomic E-state index is 5.97. The molecule has 0 saturated carbocycles. The molecule has 0 spiro atoms. The standard InChI is InChI=1S/C16H15ClN4S2/c1-10-13(19-16(18)21-20-10)9-15(14-3-2-8-22-14)23-12-6-4-11(17)5-7-12/h2-9,15H,1H3,(H3,18,19,21)/b13-9-. The highest BCUT2D eigenvalue weighted by Crippen LogP contribution is 2.39. The summed E-state index contributed by atoms with van der Waals surface area (Å²) in [6.07, 6.45) is 2.09. The number of guanidine groups is 1. The smallest absolute Gasteiger partial charge is 0.214 e. The number of thiophene rings is 1. The van der Waals surface area contributed by atoms with E-state index in [1.807, 2.05) is 31.2 Å².